The molecule has 0 aromatic rings. The van der Waals surface area contributed by atoms with Crippen molar-refractivity contribution in [2.45, 2.75) is 85.0 Å². The van der Waals surface area contributed by atoms with Crippen molar-refractivity contribution < 1.29 is 28.5 Å². The van der Waals surface area contributed by atoms with E-state index in [0.29, 0.717) is 5.41 Å². The summed E-state index contributed by atoms with van der Waals surface area (Å²) in [6.07, 6.45) is 14.1. The number of hydrogen-bond acceptors (Lipinski definition) is 0. The first-order chi connectivity index (χ1) is 8.89. The molecule has 1 nitrogen and oxygen atoms in total. The van der Waals surface area contributed by atoms with Gasteiger partial charge in [0.1, 0.15) is 0 Å². The van der Waals surface area contributed by atoms with Gasteiger partial charge in [0.25, 0.3) is 0 Å². The van der Waals surface area contributed by atoms with Crippen LogP contribution in [0.2, 0.25) is 0 Å². The fraction of sp³-hybridized carbons (Fsp3) is 1.00. The van der Waals surface area contributed by atoms with E-state index in [0.717, 1.165) is 4.48 Å². The summed E-state index contributed by atoms with van der Waals surface area (Å²) < 4.78 is 1.12. The molecule has 0 aromatic heterocycles. The van der Waals surface area contributed by atoms with Crippen LogP contribution >= 0.6 is 0 Å². The van der Waals surface area contributed by atoms with Crippen LogP contribution in [0, 0.1) is 5.41 Å². The fourth-order valence-electron chi connectivity index (χ4n) is 2.98. The molecule has 0 aromatic carbocycles. The number of halogens is 1. The molecule has 0 saturated heterocycles. The molecule has 2 heteroatoms. The quantitative estimate of drug-likeness (QED) is 0.351. The Labute approximate surface area is 146 Å². The molecule has 0 aliphatic rings. The van der Waals surface area contributed by atoms with Crippen LogP contribution in [0.4, 0.5) is 0 Å². The lowest BCUT2D eigenvalue weighted by atomic mass is 9.72. The predicted octanol–water partition coefficient (Wildman–Crippen LogP) is 2.64. The van der Waals surface area contributed by atoms with E-state index >= 15 is 0 Å². The lowest BCUT2D eigenvalue weighted by molar-refractivity contribution is -0.871. The van der Waals surface area contributed by atoms with Crippen molar-refractivity contribution in [3.8, 4) is 0 Å². The Hall–Kier alpha value is 0.690. The normalized spacial score (nSPS) is 12.3. The van der Waals surface area contributed by atoms with Crippen molar-refractivity contribution in [1.29, 1.82) is 0 Å². The second kappa shape index (κ2) is 12.3. The molecule has 0 aliphatic carbocycles. The molecule has 0 heterocycles. The molecule has 0 aliphatic heterocycles. The second-order valence-corrected chi connectivity index (χ2v) is 7.57. The van der Waals surface area contributed by atoms with Crippen LogP contribution in [0.15, 0.2) is 0 Å². The van der Waals surface area contributed by atoms with Gasteiger partial charge in [0.15, 0.2) is 0 Å². The zero-order valence-electron chi connectivity index (χ0n) is 15.1. The molecule has 0 rings (SSSR count). The molecule has 0 N–H and O–H groups in total. The summed E-state index contributed by atoms with van der Waals surface area (Å²) in [6, 6.07) is 0. The van der Waals surface area contributed by atoms with Crippen LogP contribution in [0.1, 0.15) is 85.0 Å². The Morgan fingerprint density at radius 1 is 0.650 bits per heavy atom. The van der Waals surface area contributed by atoms with Gasteiger partial charge in [0, 0.05) is 6.42 Å². The third-order valence-corrected chi connectivity index (χ3v) is 4.49. The molecule has 0 saturated carbocycles. The maximum absolute atomic E-state index is 2.34. The highest BCUT2D eigenvalue weighted by Crippen LogP contribution is 2.40. The van der Waals surface area contributed by atoms with Crippen molar-refractivity contribution in [2.24, 2.45) is 5.41 Å². The standard InChI is InChI=1S/C18H40N.HI/c1-7-10-13-18(14-11-8-2,15-12-9-3)16-17-19(4,5)6;/h7-17H2,1-6H3;1H/q+1;/p-1. The van der Waals surface area contributed by atoms with Crippen LogP contribution in [0.5, 0.6) is 0 Å². The van der Waals surface area contributed by atoms with Crippen LogP contribution < -0.4 is 24.0 Å². The molecule has 20 heavy (non-hydrogen) atoms. The second-order valence-electron chi connectivity index (χ2n) is 7.57. The van der Waals surface area contributed by atoms with E-state index in [1.165, 1.54) is 70.8 Å². The van der Waals surface area contributed by atoms with Gasteiger partial charge in [-0.1, -0.05) is 59.3 Å². The summed E-state index contributed by atoms with van der Waals surface area (Å²) >= 11 is 0. The summed E-state index contributed by atoms with van der Waals surface area (Å²) in [5.74, 6) is 0. The minimum absolute atomic E-state index is 0. The smallest absolute Gasteiger partial charge is 0.0785 e. The highest BCUT2D eigenvalue weighted by atomic mass is 127. The highest BCUT2D eigenvalue weighted by Gasteiger charge is 2.30. The van der Waals surface area contributed by atoms with Gasteiger partial charge >= 0.3 is 0 Å². The zero-order valence-corrected chi connectivity index (χ0v) is 17.3. The SMILES string of the molecule is CCCCC(CCCC)(CCCC)CC[N+](C)(C)C.[I-]. The van der Waals surface area contributed by atoms with Gasteiger partial charge in [-0.3, -0.25) is 0 Å². The molecular formula is C18H40IN. The summed E-state index contributed by atoms with van der Waals surface area (Å²) in [5, 5.41) is 0. The van der Waals surface area contributed by atoms with Crippen LogP contribution in [0.25, 0.3) is 0 Å². The molecule has 0 atom stereocenters. The fourth-order valence-corrected chi connectivity index (χ4v) is 2.98. The first kappa shape index (κ1) is 23.0. The van der Waals surface area contributed by atoms with Crippen LogP contribution in [-0.4, -0.2) is 32.2 Å². The molecule has 0 unspecified atom stereocenters. The summed E-state index contributed by atoms with van der Waals surface area (Å²) in [6.45, 7) is 8.34. The average molecular weight is 397 g/mol. The van der Waals surface area contributed by atoms with Crippen molar-refractivity contribution in [3.05, 3.63) is 0 Å². The van der Waals surface area contributed by atoms with E-state index in [1.807, 2.05) is 0 Å². The largest absolute Gasteiger partial charge is 1.00 e. The summed E-state index contributed by atoms with van der Waals surface area (Å²) in [7, 11) is 7.01. The molecule has 124 valence electrons. The maximum atomic E-state index is 2.34. The van der Waals surface area contributed by atoms with Gasteiger partial charge in [-0.2, -0.15) is 0 Å². The van der Waals surface area contributed by atoms with Gasteiger partial charge < -0.3 is 28.5 Å². The van der Waals surface area contributed by atoms with Gasteiger partial charge in [-0.15, -0.1) is 0 Å². The highest BCUT2D eigenvalue weighted by molar-refractivity contribution is 4.79. The molecule has 0 radical (unpaired) electrons. The number of rotatable bonds is 12. The number of hydrogen-bond donors (Lipinski definition) is 0. The first-order valence-corrected chi connectivity index (χ1v) is 8.69. The predicted molar refractivity (Wildman–Crippen MR) is 88.5 cm³/mol. The minimum atomic E-state index is 0. The molecule has 0 spiro atoms. The Morgan fingerprint density at radius 3 is 1.25 bits per heavy atom. The van der Waals surface area contributed by atoms with E-state index in [2.05, 4.69) is 41.9 Å². The Balaban J connectivity index is 0. The Morgan fingerprint density at radius 2 is 1.00 bits per heavy atom. The van der Waals surface area contributed by atoms with E-state index in [1.54, 1.807) is 0 Å². The van der Waals surface area contributed by atoms with E-state index in [9.17, 15) is 0 Å². The van der Waals surface area contributed by atoms with E-state index in [-0.39, 0.29) is 24.0 Å². The third-order valence-electron chi connectivity index (χ3n) is 4.49. The third kappa shape index (κ3) is 11.4. The van der Waals surface area contributed by atoms with E-state index in [4.69, 9.17) is 0 Å². The van der Waals surface area contributed by atoms with Gasteiger partial charge in [-0.05, 0) is 24.7 Å². The Kier molecular flexibility index (Phi) is 14.1. The average Bonchev–Trinajstić information content (AvgIpc) is 2.36. The topological polar surface area (TPSA) is 0 Å². The van der Waals surface area contributed by atoms with Crippen LogP contribution in [0.3, 0.4) is 0 Å². The first-order valence-electron chi connectivity index (χ1n) is 8.69. The zero-order chi connectivity index (χ0) is 14.8. The van der Waals surface area contributed by atoms with Crippen molar-refractivity contribution >= 4 is 0 Å². The monoisotopic (exact) mass is 397 g/mol. The number of nitrogens with zero attached hydrogens (tertiary/aromatic N) is 1. The number of quaternary nitrogens is 1. The van der Waals surface area contributed by atoms with Crippen molar-refractivity contribution in [1.82, 2.24) is 0 Å². The molecule has 0 fully saturated rings. The van der Waals surface area contributed by atoms with Gasteiger partial charge in [0.05, 0.1) is 27.7 Å². The lowest BCUT2D eigenvalue weighted by Gasteiger charge is -2.37. The summed E-state index contributed by atoms with van der Waals surface area (Å²) in [4.78, 5) is 0. The van der Waals surface area contributed by atoms with Gasteiger partial charge in [0.2, 0.25) is 0 Å². The minimum Gasteiger partial charge on any atom is -1.00 e. The Bertz CT molecular complexity index is 186. The van der Waals surface area contributed by atoms with Crippen molar-refractivity contribution in [2.75, 3.05) is 27.7 Å². The molecule has 0 bridgehead atoms. The molecular weight excluding hydrogens is 357 g/mol. The van der Waals surface area contributed by atoms with Gasteiger partial charge in [-0.25, -0.2) is 0 Å². The summed E-state index contributed by atoms with van der Waals surface area (Å²) in [5.41, 5.74) is 0.646. The molecule has 0 amide bonds. The van der Waals surface area contributed by atoms with Crippen LogP contribution in [-0.2, 0) is 0 Å². The lowest BCUT2D eigenvalue weighted by Crippen LogP contribution is -3.00. The number of unbranched alkanes of at least 4 members (excludes halogenated alkanes) is 3. The maximum Gasteiger partial charge on any atom is 0.0785 e. The van der Waals surface area contributed by atoms with Crippen molar-refractivity contribution in [3.63, 3.8) is 0 Å². The van der Waals surface area contributed by atoms with E-state index < -0.39 is 0 Å².